The van der Waals surface area contributed by atoms with Crippen LogP contribution in [0.25, 0.3) is 39.0 Å². The number of nitrogens with zero attached hydrogens (tertiary/aromatic N) is 5. The normalized spacial score (nSPS) is 14.1. The zero-order chi connectivity index (χ0) is 27.6. The van der Waals surface area contributed by atoms with Crippen LogP contribution in [0.5, 0.6) is 0 Å². The van der Waals surface area contributed by atoms with E-state index in [4.69, 9.17) is 4.74 Å². The van der Waals surface area contributed by atoms with Crippen LogP contribution in [0.3, 0.4) is 0 Å². The molecule has 0 spiro atoms. The van der Waals surface area contributed by atoms with Gasteiger partial charge in [-0.05, 0) is 59.7 Å². The Balaban J connectivity index is 1.30. The maximum Gasteiger partial charge on any atom is 0.221 e. The van der Waals surface area contributed by atoms with Crippen LogP contribution in [0.1, 0.15) is 6.92 Å². The molecule has 0 radical (unpaired) electrons. The lowest BCUT2D eigenvalue weighted by Gasteiger charge is -2.26. The Morgan fingerprint density at radius 3 is 2.65 bits per heavy atom. The Morgan fingerprint density at radius 1 is 0.975 bits per heavy atom. The van der Waals surface area contributed by atoms with Crippen LogP contribution in [0.15, 0.2) is 73.3 Å². The lowest BCUT2D eigenvalue weighted by Crippen LogP contribution is -2.38. The van der Waals surface area contributed by atoms with Crippen molar-refractivity contribution in [1.82, 2.24) is 24.2 Å². The minimum absolute atomic E-state index is 0.103. The molecule has 5 aromatic rings. The van der Waals surface area contributed by atoms with Gasteiger partial charge in [-0.15, -0.1) is 0 Å². The Bertz CT molecular complexity index is 1690. The van der Waals surface area contributed by atoms with E-state index in [9.17, 15) is 13.6 Å². The van der Waals surface area contributed by atoms with Crippen molar-refractivity contribution in [2.45, 2.75) is 13.5 Å². The first-order valence-corrected chi connectivity index (χ1v) is 13.1. The molecule has 204 valence electrons. The fourth-order valence-electron chi connectivity index (χ4n) is 5.00. The predicted molar refractivity (Wildman–Crippen MR) is 149 cm³/mol. The van der Waals surface area contributed by atoms with Crippen molar-refractivity contribution < 1.29 is 18.3 Å². The molecule has 40 heavy (non-hydrogen) atoms. The van der Waals surface area contributed by atoms with Crippen LogP contribution in [-0.4, -0.2) is 63.0 Å². The Hall–Kier alpha value is -4.41. The van der Waals surface area contributed by atoms with E-state index in [1.807, 2.05) is 39.8 Å². The molecule has 10 heteroatoms. The van der Waals surface area contributed by atoms with E-state index in [1.54, 1.807) is 24.5 Å². The van der Waals surface area contributed by atoms with Gasteiger partial charge in [0.05, 0.1) is 37.0 Å². The van der Waals surface area contributed by atoms with Crippen LogP contribution >= 0.6 is 0 Å². The van der Waals surface area contributed by atoms with Crippen LogP contribution in [0.2, 0.25) is 0 Å². The van der Waals surface area contributed by atoms with E-state index < -0.39 is 11.6 Å². The molecule has 0 bridgehead atoms. The molecule has 1 amide bonds. The van der Waals surface area contributed by atoms with Crippen LogP contribution in [0.4, 0.5) is 14.5 Å². The largest absolute Gasteiger partial charge is 0.379 e. The van der Waals surface area contributed by atoms with Crippen molar-refractivity contribution in [2.24, 2.45) is 0 Å². The summed E-state index contributed by atoms with van der Waals surface area (Å²) in [7, 11) is 0. The van der Waals surface area contributed by atoms with E-state index in [0.29, 0.717) is 16.9 Å². The lowest BCUT2D eigenvalue weighted by molar-refractivity contribution is -0.114. The summed E-state index contributed by atoms with van der Waals surface area (Å²) in [6.07, 6.45) is 5.57. The highest BCUT2D eigenvalue weighted by molar-refractivity contribution is 5.91. The number of anilines is 1. The summed E-state index contributed by atoms with van der Waals surface area (Å²) in [5, 5.41) is 7.29. The molecule has 3 heterocycles. The molecule has 1 fully saturated rings. The first-order chi connectivity index (χ1) is 19.4. The summed E-state index contributed by atoms with van der Waals surface area (Å²) in [6, 6.07) is 14.4. The number of aromatic nitrogens is 4. The van der Waals surface area contributed by atoms with Gasteiger partial charge < -0.3 is 10.1 Å². The summed E-state index contributed by atoms with van der Waals surface area (Å²) >= 11 is 0. The second-order valence-corrected chi connectivity index (χ2v) is 9.84. The van der Waals surface area contributed by atoms with E-state index in [1.165, 1.54) is 6.92 Å². The summed E-state index contributed by atoms with van der Waals surface area (Å²) in [5.41, 5.74) is 5.23. The molecule has 0 atom stereocenters. The molecule has 3 aromatic carbocycles. The fourth-order valence-corrected chi connectivity index (χ4v) is 5.00. The summed E-state index contributed by atoms with van der Waals surface area (Å²) < 4.78 is 37.8. The Morgan fingerprint density at radius 2 is 1.82 bits per heavy atom. The molecule has 8 nitrogen and oxygen atoms in total. The van der Waals surface area contributed by atoms with E-state index >= 15 is 0 Å². The first-order valence-electron chi connectivity index (χ1n) is 13.1. The number of morpholine rings is 1. The number of benzene rings is 3. The highest BCUT2D eigenvalue weighted by atomic mass is 19.1. The third-order valence-corrected chi connectivity index (χ3v) is 7.02. The van der Waals surface area contributed by atoms with Gasteiger partial charge in [-0.25, -0.2) is 13.8 Å². The number of amides is 1. The number of carbonyl (C=O) groups is 1. The van der Waals surface area contributed by atoms with E-state index in [-0.39, 0.29) is 11.5 Å². The molecule has 0 saturated carbocycles. The van der Waals surface area contributed by atoms with Crippen LogP contribution in [-0.2, 0) is 16.1 Å². The number of halogens is 2. The number of fused-ring (bicyclic) bond motifs is 1. The number of rotatable bonds is 7. The number of imidazole rings is 1. The fraction of sp³-hybridized carbons (Fsp3) is 0.233. The molecular formula is C30H28F2N6O2. The van der Waals surface area contributed by atoms with Gasteiger partial charge in [-0.2, -0.15) is 5.10 Å². The van der Waals surface area contributed by atoms with Gasteiger partial charge in [0.15, 0.2) is 0 Å². The van der Waals surface area contributed by atoms with Gasteiger partial charge in [0.25, 0.3) is 0 Å². The predicted octanol–water partition coefficient (Wildman–Crippen LogP) is 5.12. The Kier molecular flexibility index (Phi) is 7.10. The van der Waals surface area contributed by atoms with Gasteiger partial charge in [-0.1, -0.05) is 6.07 Å². The molecule has 1 aliphatic rings. The molecule has 1 aliphatic heterocycles. The van der Waals surface area contributed by atoms with Gasteiger partial charge in [0.2, 0.25) is 5.91 Å². The maximum atomic E-state index is 14.6. The second-order valence-electron chi connectivity index (χ2n) is 9.84. The lowest BCUT2D eigenvalue weighted by atomic mass is 10.0. The summed E-state index contributed by atoms with van der Waals surface area (Å²) in [6.45, 7) is 6.56. The number of ether oxygens (including phenoxy) is 1. The van der Waals surface area contributed by atoms with Crippen molar-refractivity contribution >= 4 is 22.6 Å². The minimum atomic E-state index is -0.557. The number of hydrogen-bond donors (Lipinski definition) is 1. The highest BCUT2D eigenvalue weighted by Crippen LogP contribution is 2.31. The van der Waals surface area contributed by atoms with Gasteiger partial charge in [0.1, 0.15) is 18.0 Å². The second kappa shape index (κ2) is 11.0. The average Bonchev–Trinajstić information content (AvgIpc) is 3.60. The zero-order valence-corrected chi connectivity index (χ0v) is 22.0. The maximum absolute atomic E-state index is 14.6. The van der Waals surface area contributed by atoms with Gasteiger partial charge in [0, 0.05) is 55.3 Å². The Labute approximate surface area is 229 Å². The standard InChI is InChI=1S/C30H28F2N6O2/c1-20(39)35-25-12-22(27-15-24(31)3-4-28(27)32)13-26(16-25)38-19-33-29-14-21(2-5-30(29)38)23-17-34-37(18-23)7-6-36-8-10-40-11-9-36/h2-5,12-19H,6-11H2,1H3,(H,35,39). The number of nitrogens with one attached hydrogen (secondary N) is 1. The average molecular weight is 543 g/mol. The van der Waals surface area contributed by atoms with Crippen molar-refractivity contribution in [3.8, 4) is 27.9 Å². The minimum Gasteiger partial charge on any atom is -0.379 e. The smallest absolute Gasteiger partial charge is 0.221 e. The van der Waals surface area contributed by atoms with Crippen LogP contribution in [0, 0.1) is 11.6 Å². The molecule has 2 aromatic heterocycles. The third-order valence-electron chi connectivity index (χ3n) is 7.02. The third kappa shape index (κ3) is 5.49. The first kappa shape index (κ1) is 25.8. The monoisotopic (exact) mass is 542 g/mol. The molecule has 1 saturated heterocycles. The van der Waals surface area contributed by atoms with E-state index in [2.05, 4.69) is 20.3 Å². The van der Waals surface area contributed by atoms with Crippen molar-refractivity contribution in [2.75, 3.05) is 38.2 Å². The summed E-state index contributed by atoms with van der Waals surface area (Å²) in [4.78, 5) is 18.8. The quantitative estimate of drug-likeness (QED) is 0.309. The SMILES string of the molecule is CC(=O)Nc1cc(-c2cc(F)ccc2F)cc(-n2cnc3cc(-c4cnn(CCN5CCOCC5)c4)ccc32)c1. The molecular weight excluding hydrogens is 514 g/mol. The highest BCUT2D eigenvalue weighted by Gasteiger charge is 2.14. The van der Waals surface area contributed by atoms with Crippen molar-refractivity contribution in [1.29, 1.82) is 0 Å². The van der Waals surface area contributed by atoms with Gasteiger partial charge >= 0.3 is 0 Å². The van der Waals surface area contributed by atoms with Crippen molar-refractivity contribution in [3.05, 3.63) is 85.0 Å². The van der Waals surface area contributed by atoms with Crippen molar-refractivity contribution in [3.63, 3.8) is 0 Å². The molecule has 0 unspecified atom stereocenters. The molecule has 0 aliphatic carbocycles. The number of carbonyl (C=O) groups excluding carboxylic acids is 1. The number of hydrogen-bond acceptors (Lipinski definition) is 5. The zero-order valence-electron chi connectivity index (χ0n) is 22.0. The topological polar surface area (TPSA) is 77.2 Å². The molecule has 6 rings (SSSR count). The molecule has 1 N–H and O–H groups in total. The van der Waals surface area contributed by atoms with Gasteiger partial charge in [-0.3, -0.25) is 18.9 Å². The van der Waals surface area contributed by atoms with E-state index in [0.717, 1.165) is 79.8 Å². The van der Waals surface area contributed by atoms with Crippen LogP contribution < -0.4 is 5.32 Å². The summed E-state index contributed by atoms with van der Waals surface area (Å²) in [5.74, 6) is -1.38.